The summed E-state index contributed by atoms with van der Waals surface area (Å²) >= 11 is 3.16. The van der Waals surface area contributed by atoms with Crippen LogP contribution in [0.4, 0.5) is 18.9 Å². The number of halogens is 4. The molecule has 3 rings (SSSR count). The number of rotatable bonds is 1. The van der Waals surface area contributed by atoms with Crippen LogP contribution in [0.3, 0.4) is 0 Å². The van der Waals surface area contributed by atoms with Gasteiger partial charge in [0.2, 0.25) is 0 Å². The number of hydrogen-bond donors (Lipinski definition) is 3. The van der Waals surface area contributed by atoms with Crippen LogP contribution in [0, 0.1) is 0 Å². The van der Waals surface area contributed by atoms with Crippen LogP contribution in [0.25, 0.3) is 0 Å². The summed E-state index contributed by atoms with van der Waals surface area (Å²) in [6.07, 6.45) is -4.57. The van der Waals surface area contributed by atoms with Gasteiger partial charge in [-0.05, 0) is 30.3 Å². The number of fused-ring (bicyclic) bond motifs is 1. The smallest absolute Gasteiger partial charge is 0.416 e. The highest BCUT2D eigenvalue weighted by Gasteiger charge is 2.49. The Hall–Kier alpha value is -2.06. The maximum atomic E-state index is 12.8. The second kappa shape index (κ2) is 4.97. The van der Waals surface area contributed by atoms with Gasteiger partial charge in [-0.25, -0.2) is 0 Å². The van der Waals surface area contributed by atoms with Gasteiger partial charge < -0.3 is 15.5 Å². The predicted octanol–water partition coefficient (Wildman–Crippen LogP) is 3.36. The number of nitrogens with one attached hydrogen (secondary N) is 1. The molecule has 23 heavy (non-hydrogen) atoms. The molecule has 0 bridgehead atoms. The quantitative estimate of drug-likeness (QED) is 0.702. The van der Waals surface area contributed by atoms with Gasteiger partial charge >= 0.3 is 6.18 Å². The lowest BCUT2D eigenvalue weighted by Gasteiger charge is -2.22. The van der Waals surface area contributed by atoms with E-state index in [4.69, 9.17) is 0 Å². The minimum Gasteiger partial charge on any atom is -0.508 e. The maximum absolute atomic E-state index is 12.8. The molecule has 2 aromatic carbocycles. The van der Waals surface area contributed by atoms with E-state index in [1.807, 2.05) is 0 Å². The van der Waals surface area contributed by atoms with E-state index in [9.17, 15) is 28.2 Å². The minimum atomic E-state index is -4.57. The van der Waals surface area contributed by atoms with Crippen LogP contribution in [0.5, 0.6) is 5.75 Å². The average Bonchev–Trinajstić information content (AvgIpc) is 2.72. The fourth-order valence-electron chi connectivity index (χ4n) is 2.54. The summed E-state index contributed by atoms with van der Waals surface area (Å²) in [7, 11) is 0. The molecule has 8 heteroatoms. The molecule has 0 radical (unpaired) electrons. The van der Waals surface area contributed by atoms with Gasteiger partial charge in [-0.1, -0.05) is 22.0 Å². The number of aliphatic hydroxyl groups is 1. The van der Waals surface area contributed by atoms with Crippen LogP contribution in [0.1, 0.15) is 16.7 Å². The Balaban J connectivity index is 2.20. The molecule has 1 amide bonds. The molecule has 0 fully saturated rings. The van der Waals surface area contributed by atoms with Crippen molar-refractivity contribution in [3.8, 4) is 5.75 Å². The van der Waals surface area contributed by atoms with Gasteiger partial charge in [-0.2, -0.15) is 13.2 Å². The molecule has 1 heterocycles. The largest absolute Gasteiger partial charge is 0.508 e. The Morgan fingerprint density at radius 3 is 2.43 bits per heavy atom. The topological polar surface area (TPSA) is 69.6 Å². The van der Waals surface area contributed by atoms with Gasteiger partial charge in [0.15, 0.2) is 5.60 Å². The molecular weight excluding hydrogens is 379 g/mol. The second-order valence-electron chi connectivity index (χ2n) is 5.08. The zero-order valence-corrected chi connectivity index (χ0v) is 12.9. The van der Waals surface area contributed by atoms with Crippen molar-refractivity contribution in [1.29, 1.82) is 0 Å². The summed E-state index contributed by atoms with van der Waals surface area (Å²) in [6.45, 7) is 0. The van der Waals surface area contributed by atoms with E-state index in [0.29, 0.717) is 4.47 Å². The van der Waals surface area contributed by atoms with Crippen LogP contribution in [-0.4, -0.2) is 16.1 Å². The molecule has 0 aromatic heterocycles. The van der Waals surface area contributed by atoms with Gasteiger partial charge in [-0.3, -0.25) is 4.79 Å². The number of hydrogen-bond acceptors (Lipinski definition) is 3. The number of carbonyl (C=O) groups excluding carboxylic acids is 1. The third-order valence-electron chi connectivity index (χ3n) is 3.66. The Bertz CT molecular complexity index is 822. The van der Waals surface area contributed by atoms with E-state index >= 15 is 0 Å². The average molecular weight is 388 g/mol. The normalized spacial score (nSPS) is 20.3. The van der Waals surface area contributed by atoms with Crippen molar-refractivity contribution in [3.63, 3.8) is 0 Å². The SMILES string of the molecule is O=C1Nc2cc(C(F)(F)F)ccc2C1(O)c1cc(Br)ccc1O. The Labute approximate surface area is 136 Å². The summed E-state index contributed by atoms with van der Waals surface area (Å²) in [5.41, 5.74) is -3.54. The number of anilines is 1. The third-order valence-corrected chi connectivity index (χ3v) is 4.16. The van der Waals surface area contributed by atoms with Gasteiger partial charge in [0.05, 0.1) is 5.56 Å². The van der Waals surface area contributed by atoms with Crippen LogP contribution in [0.2, 0.25) is 0 Å². The molecule has 0 saturated carbocycles. The number of phenolic OH excluding ortho intramolecular Hbond substituents is 1. The fourth-order valence-corrected chi connectivity index (χ4v) is 2.90. The predicted molar refractivity (Wildman–Crippen MR) is 78.9 cm³/mol. The Morgan fingerprint density at radius 1 is 1.09 bits per heavy atom. The number of carbonyl (C=O) groups is 1. The van der Waals surface area contributed by atoms with Crippen molar-refractivity contribution in [2.45, 2.75) is 11.8 Å². The summed E-state index contributed by atoms with van der Waals surface area (Å²) in [6, 6.07) is 6.66. The van der Waals surface area contributed by atoms with Crippen LogP contribution >= 0.6 is 15.9 Å². The van der Waals surface area contributed by atoms with Crippen molar-refractivity contribution >= 4 is 27.5 Å². The highest BCUT2D eigenvalue weighted by molar-refractivity contribution is 9.10. The zero-order valence-electron chi connectivity index (χ0n) is 11.3. The van der Waals surface area contributed by atoms with E-state index < -0.39 is 23.2 Å². The van der Waals surface area contributed by atoms with Gasteiger partial charge in [0.1, 0.15) is 5.75 Å². The standard InChI is InChI=1S/C15H9BrF3NO3/c16-8-2-4-12(21)10(6-8)14(23)9-3-1-7(15(17,18)19)5-11(9)20-13(14)22/h1-6,21,23H,(H,20,22). The number of amides is 1. The first-order chi connectivity index (χ1) is 10.6. The molecule has 0 spiro atoms. The van der Waals surface area contributed by atoms with E-state index in [1.54, 1.807) is 0 Å². The number of alkyl halides is 3. The molecule has 0 aliphatic carbocycles. The van der Waals surface area contributed by atoms with Crippen molar-refractivity contribution in [1.82, 2.24) is 0 Å². The zero-order chi connectivity index (χ0) is 17.0. The van der Waals surface area contributed by atoms with E-state index in [0.717, 1.165) is 18.2 Å². The number of aromatic hydroxyl groups is 1. The molecule has 2 aromatic rings. The number of benzene rings is 2. The van der Waals surface area contributed by atoms with Crippen molar-refractivity contribution in [2.24, 2.45) is 0 Å². The van der Waals surface area contributed by atoms with Crippen LogP contribution in [-0.2, 0) is 16.6 Å². The highest BCUT2D eigenvalue weighted by Crippen LogP contribution is 2.46. The molecule has 1 aliphatic rings. The van der Waals surface area contributed by atoms with Crippen molar-refractivity contribution in [3.05, 3.63) is 57.6 Å². The summed E-state index contributed by atoms with van der Waals surface area (Å²) in [5.74, 6) is -1.28. The first-order valence-electron chi connectivity index (χ1n) is 6.38. The van der Waals surface area contributed by atoms with E-state index in [-0.39, 0.29) is 22.6 Å². The summed E-state index contributed by atoms with van der Waals surface area (Å²) in [5, 5.41) is 23.0. The molecule has 1 aliphatic heterocycles. The Morgan fingerprint density at radius 2 is 1.78 bits per heavy atom. The van der Waals surface area contributed by atoms with E-state index in [2.05, 4.69) is 21.2 Å². The minimum absolute atomic E-state index is 0.0519. The lowest BCUT2D eigenvalue weighted by atomic mass is 9.86. The highest BCUT2D eigenvalue weighted by atomic mass is 79.9. The van der Waals surface area contributed by atoms with Gasteiger partial charge in [0.25, 0.3) is 5.91 Å². The first-order valence-corrected chi connectivity index (χ1v) is 7.18. The summed E-state index contributed by atoms with van der Waals surface area (Å²) < 4.78 is 38.8. The first kappa shape index (κ1) is 15.8. The molecule has 1 unspecified atom stereocenters. The molecule has 0 saturated heterocycles. The second-order valence-corrected chi connectivity index (χ2v) is 6.00. The lowest BCUT2D eigenvalue weighted by molar-refractivity contribution is -0.137. The molecular formula is C15H9BrF3NO3. The van der Waals surface area contributed by atoms with Crippen LogP contribution in [0.15, 0.2) is 40.9 Å². The third kappa shape index (κ3) is 2.38. The molecule has 1 atom stereocenters. The van der Waals surface area contributed by atoms with Crippen molar-refractivity contribution < 1.29 is 28.2 Å². The van der Waals surface area contributed by atoms with Gasteiger partial charge in [-0.15, -0.1) is 0 Å². The Kier molecular flexibility index (Phi) is 3.42. The maximum Gasteiger partial charge on any atom is 0.416 e. The number of phenols is 1. The molecule has 3 N–H and O–H groups in total. The molecule has 4 nitrogen and oxygen atoms in total. The molecule has 120 valence electrons. The van der Waals surface area contributed by atoms with Crippen LogP contribution < -0.4 is 5.32 Å². The van der Waals surface area contributed by atoms with E-state index in [1.165, 1.54) is 18.2 Å². The summed E-state index contributed by atoms with van der Waals surface area (Å²) in [4.78, 5) is 12.2. The van der Waals surface area contributed by atoms with Crippen molar-refractivity contribution in [2.75, 3.05) is 5.32 Å². The van der Waals surface area contributed by atoms with Gasteiger partial charge in [0, 0.05) is 21.3 Å². The lowest BCUT2D eigenvalue weighted by Crippen LogP contribution is -2.35. The fraction of sp³-hybridized carbons (Fsp3) is 0.133. The monoisotopic (exact) mass is 387 g/mol.